The number of rotatable bonds is 3. The third kappa shape index (κ3) is 2.90. The van der Waals surface area contributed by atoms with Crippen molar-refractivity contribution in [2.75, 3.05) is 5.32 Å². The number of anilines is 1. The largest absolute Gasteiger partial charge is 0.489 e. The van der Waals surface area contributed by atoms with E-state index in [1.54, 1.807) is 12.3 Å². The molecule has 7 nitrogen and oxygen atoms in total. The molecule has 4 aromatic rings. The van der Waals surface area contributed by atoms with Crippen molar-refractivity contribution in [2.45, 2.75) is 30.8 Å². The topological polar surface area (TPSA) is 89.1 Å². The molecule has 33 heavy (non-hydrogen) atoms. The van der Waals surface area contributed by atoms with Gasteiger partial charge in [-0.25, -0.2) is 14.4 Å². The summed E-state index contributed by atoms with van der Waals surface area (Å²) in [4.78, 5) is 23.7. The molecule has 1 fully saturated rings. The highest BCUT2D eigenvalue weighted by Gasteiger charge is 2.61. The van der Waals surface area contributed by atoms with E-state index in [0.29, 0.717) is 41.2 Å². The lowest BCUT2D eigenvalue weighted by molar-refractivity contribution is -0.116. The van der Waals surface area contributed by atoms with Crippen molar-refractivity contribution in [2.24, 2.45) is 0 Å². The van der Waals surface area contributed by atoms with Gasteiger partial charge in [-0.2, -0.15) is 0 Å². The van der Waals surface area contributed by atoms with Gasteiger partial charge in [0.2, 0.25) is 5.91 Å². The maximum absolute atomic E-state index is 13.8. The number of carbonyl (C=O) groups is 1. The molecule has 0 bridgehead atoms. The lowest BCUT2D eigenvalue weighted by Gasteiger charge is -2.19. The molecule has 3 atom stereocenters. The highest BCUT2D eigenvalue weighted by molar-refractivity contribution is 6.31. The van der Waals surface area contributed by atoms with Crippen LogP contribution < -0.4 is 14.8 Å². The first-order chi connectivity index (χ1) is 16.0. The van der Waals surface area contributed by atoms with Crippen molar-refractivity contribution >= 4 is 34.4 Å². The number of nitrogens with zero attached hydrogens (tertiary/aromatic N) is 2. The minimum absolute atomic E-state index is 0.0139. The van der Waals surface area contributed by atoms with Crippen LogP contribution in [0.15, 0.2) is 42.6 Å². The first-order valence-corrected chi connectivity index (χ1v) is 11.0. The predicted molar refractivity (Wildman–Crippen MR) is 119 cm³/mol. The maximum Gasteiger partial charge on any atom is 0.225 e. The lowest BCUT2D eigenvalue weighted by Crippen LogP contribution is -2.20. The Morgan fingerprint density at radius 2 is 2.06 bits per heavy atom. The van der Waals surface area contributed by atoms with E-state index in [1.165, 1.54) is 12.1 Å². The summed E-state index contributed by atoms with van der Waals surface area (Å²) in [6.07, 6.45) is 2.60. The molecule has 1 amide bonds. The van der Waals surface area contributed by atoms with Gasteiger partial charge in [0, 0.05) is 35.7 Å². The van der Waals surface area contributed by atoms with E-state index >= 15 is 0 Å². The van der Waals surface area contributed by atoms with E-state index in [9.17, 15) is 9.18 Å². The number of carbonyl (C=O) groups excluding carboxylic acids is 1. The molecule has 9 heteroatoms. The molecule has 2 aromatic carbocycles. The summed E-state index contributed by atoms with van der Waals surface area (Å²) in [5.41, 5.74) is 3.20. The number of imidazole rings is 1. The number of H-pyrrole nitrogens is 1. The normalized spacial score (nSPS) is 22.2. The summed E-state index contributed by atoms with van der Waals surface area (Å²) in [6, 6.07) is 10.5. The Bertz CT molecular complexity index is 1450. The van der Waals surface area contributed by atoms with Crippen LogP contribution in [0.1, 0.15) is 35.2 Å². The van der Waals surface area contributed by atoms with Crippen LogP contribution in [-0.2, 0) is 11.2 Å². The van der Waals surface area contributed by atoms with Crippen LogP contribution >= 0.6 is 11.6 Å². The second kappa shape index (κ2) is 6.68. The average molecular weight is 463 g/mol. The van der Waals surface area contributed by atoms with Gasteiger partial charge in [-0.15, -0.1) is 0 Å². The molecule has 164 valence electrons. The van der Waals surface area contributed by atoms with E-state index in [0.717, 1.165) is 22.7 Å². The van der Waals surface area contributed by atoms with E-state index < -0.39 is 5.82 Å². The molecule has 3 unspecified atom stereocenters. The van der Waals surface area contributed by atoms with Crippen LogP contribution in [0.3, 0.4) is 0 Å². The van der Waals surface area contributed by atoms with Crippen LogP contribution in [0.2, 0.25) is 5.02 Å². The lowest BCUT2D eigenvalue weighted by atomic mass is 10.1. The van der Waals surface area contributed by atoms with Crippen LogP contribution in [0, 0.1) is 5.82 Å². The number of hydrogen-bond donors (Lipinski definition) is 2. The molecule has 0 spiro atoms. The van der Waals surface area contributed by atoms with Crippen molar-refractivity contribution < 1.29 is 18.7 Å². The van der Waals surface area contributed by atoms with Crippen molar-refractivity contribution in [1.82, 2.24) is 15.0 Å². The number of fused-ring (bicyclic) bond motifs is 5. The smallest absolute Gasteiger partial charge is 0.225 e. The van der Waals surface area contributed by atoms with Gasteiger partial charge in [-0.3, -0.25) is 4.79 Å². The number of halogens is 2. The maximum atomic E-state index is 13.8. The number of amides is 1. The van der Waals surface area contributed by atoms with Crippen LogP contribution in [0.4, 0.5) is 10.2 Å². The number of pyridine rings is 1. The van der Waals surface area contributed by atoms with Crippen molar-refractivity contribution in [3.63, 3.8) is 0 Å². The number of hydrogen-bond acceptors (Lipinski definition) is 5. The molecule has 1 aliphatic carbocycles. The molecule has 3 aliphatic rings. The summed E-state index contributed by atoms with van der Waals surface area (Å²) in [5, 5.41) is 2.84. The molecular weight excluding hydrogens is 447 g/mol. The van der Waals surface area contributed by atoms with Gasteiger partial charge in [-0.05, 0) is 36.8 Å². The third-order valence-electron chi connectivity index (χ3n) is 6.52. The van der Waals surface area contributed by atoms with Gasteiger partial charge in [0.15, 0.2) is 0 Å². The Morgan fingerprint density at radius 3 is 2.97 bits per heavy atom. The molecule has 0 radical (unpaired) electrons. The first kappa shape index (κ1) is 18.9. The minimum Gasteiger partial charge on any atom is -0.489 e. The number of aromatic amines is 1. The fraction of sp³-hybridized carbons (Fsp3) is 0.208. The second-order valence-corrected chi connectivity index (χ2v) is 8.93. The summed E-state index contributed by atoms with van der Waals surface area (Å²) >= 11 is 5.90. The number of benzene rings is 2. The Hall–Kier alpha value is -3.65. The Kier molecular flexibility index (Phi) is 3.82. The summed E-state index contributed by atoms with van der Waals surface area (Å²) < 4.78 is 26.1. The Morgan fingerprint density at radius 1 is 1.15 bits per heavy atom. The highest BCUT2D eigenvalue weighted by atomic mass is 35.5. The van der Waals surface area contributed by atoms with Crippen molar-refractivity contribution in [3.8, 4) is 17.2 Å². The zero-order valence-electron chi connectivity index (χ0n) is 17.1. The number of aromatic nitrogens is 3. The summed E-state index contributed by atoms with van der Waals surface area (Å²) in [7, 11) is 0. The Balaban J connectivity index is 1.18. The average Bonchev–Trinajstić information content (AvgIpc) is 3.15. The molecule has 2 N–H and O–H groups in total. The predicted octanol–water partition coefficient (Wildman–Crippen LogP) is 5.07. The molecule has 1 saturated carbocycles. The summed E-state index contributed by atoms with van der Waals surface area (Å²) in [5.74, 6) is 3.21. The highest BCUT2D eigenvalue weighted by Crippen LogP contribution is 2.63. The molecule has 2 aliphatic heterocycles. The fourth-order valence-electron chi connectivity index (χ4n) is 4.89. The number of nitrogens with one attached hydrogen (secondary N) is 2. The fourth-order valence-corrected chi connectivity index (χ4v) is 5.05. The van der Waals surface area contributed by atoms with Crippen LogP contribution in [0.5, 0.6) is 17.2 Å². The van der Waals surface area contributed by atoms with Gasteiger partial charge in [0.25, 0.3) is 0 Å². The van der Waals surface area contributed by atoms with Gasteiger partial charge in [0.05, 0.1) is 22.0 Å². The molecular formula is C24H16ClFN4O3. The van der Waals surface area contributed by atoms with Gasteiger partial charge in [0.1, 0.15) is 40.8 Å². The monoisotopic (exact) mass is 462 g/mol. The van der Waals surface area contributed by atoms with E-state index in [2.05, 4.69) is 20.3 Å². The third-order valence-corrected chi connectivity index (χ3v) is 6.81. The minimum atomic E-state index is -0.475. The quantitative estimate of drug-likeness (QED) is 0.443. The zero-order valence-corrected chi connectivity index (χ0v) is 17.8. The van der Waals surface area contributed by atoms with E-state index in [-0.39, 0.29) is 28.9 Å². The molecule has 7 rings (SSSR count). The van der Waals surface area contributed by atoms with Crippen LogP contribution in [0.25, 0.3) is 11.0 Å². The van der Waals surface area contributed by atoms with Crippen molar-refractivity contribution in [3.05, 3.63) is 70.4 Å². The second-order valence-electron chi connectivity index (χ2n) is 8.53. The van der Waals surface area contributed by atoms with E-state index in [4.69, 9.17) is 21.1 Å². The molecule has 0 saturated heterocycles. The summed E-state index contributed by atoms with van der Waals surface area (Å²) in [6.45, 7) is 0. The standard InChI is InChI=1S/C24H16ClFN4O3/c25-13-8-15-16(9-14(13)26)29-24(28-15)21-20-12-7-10(1-3-17(12)33-22(20)21)32-18-5-6-27-23-11(18)2-4-19(31)30-23/h1,3,5-9,20-22H,2,4H2,(H,28,29)(H,27,30,31). The molecule has 2 aromatic heterocycles. The zero-order chi connectivity index (χ0) is 22.3. The van der Waals surface area contributed by atoms with E-state index in [1.807, 2.05) is 18.2 Å². The number of ether oxygens (including phenoxy) is 2. The van der Waals surface area contributed by atoms with Crippen molar-refractivity contribution in [1.29, 1.82) is 0 Å². The first-order valence-electron chi connectivity index (χ1n) is 10.7. The van der Waals surface area contributed by atoms with Gasteiger partial charge < -0.3 is 19.8 Å². The molecule has 4 heterocycles. The SMILES string of the molecule is O=C1CCc2c(Oc3ccc4c(c3)C3C(O4)C3c3nc4cc(Cl)c(F)cc4[nH]3)ccnc2N1. The van der Waals surface area contributed by atoms with Crippen LogP contribution in [-0.4, -0.2) is 27.0 Å². The van der Waals surface area contributed by atoms with Gasteiger partial charge in [-0.1, -0.05) is 11.6 Å². The van der Waals surface area contributed by atoms with Gasteiger partial charge >= 0.3 is 0 Å². The Labute approximate surface area is 191 Å².